The quantitative estimate of drug-likeness (QED) is 0.822. The van der Waals surface area contributed by atoms with Crippen LogP contribution in [0.5, 0.6) is 0 Å². The minimum absolute atomic E-state index is 0.0243. The summed E-state index contributed by atoms with van der Waals surface area (Å²) in [6.07, 6.45) is -3.30. The molecule has 0 aliphatic carbocycles. The Kier molecular flexibility index (Phi) is 3.88. The van der Waals surface area contributed by atoms with E-state index in [1.54, 1.807) is 6.92 Å². The first-order valence-corrected chi connectivity index (χ1v) is 4.45. The Hall–Kier alpha value is -1.57. The highest BCUT2D eigenvalue weighted by atomic mass is 19.3. The molecule has 0 saturated heterocycles. The number of alkyl halides is 2. The number of methoxy groups -OCH3 is 1. The molecule has 90 valence electrons. The lowest BCUT2D eigenvalue weighted by atomic mass is 10.3. The predicted octanol–water partition coefficient (Wildman–Crippen LogP) is 0.949. The summed E-state index contributed by atoms with van der Waals surface area (Å²) in [5.74, 6) is -1.52. The Bertz CT molecular complexity index is 381. The summed E-state index contributed by atoms with van der Waals surface area (Å²) in [6.45, 7) is 1.67. The topological polar surface area (TPSA) is 77.2 Å². The lowest BCUT2D eigenvalue weighted by Gasteiger charge is -2.11. The molecule has 0 amide bonds. The minimum Gasteiger partial charge on any atom is -0.476 e. The molecule has 0 aromatic carbocycles. The monoisotopic (exact) mass is 235 g/mol. The van der Waals surface area contributed by atoms with Crippen molar-refractivity contribution in [3.63, 3.8) is 0 Å². The molecule has 6 nitrogen and oxygen atoms in total. The molecule has 0 radical (unpaired) electrons. The molecule has 16 heavy (non-hydrogen) atoms. The molecule has 0 aliphatic rings. The maximum Gasteiger partial charge on any atom is 0.358 e. The van der Waals surface area contributed by atoms with Crippen LogP contribution in [0.3, 0.4) is 0 Å². The van der Waals surface area contributed by atoms with Crippen molar-refractivity contribution in [3.8, 4) is 0 Å². The number of aromatic nitrogens is 3. The van der Waals surface area contributed by atoms with Crippen molar-refractivity contribution in [3.05, 3.63) is 11.4 Å². The van der Waals surface area contributed by atoms with E-state index in [-0.39, 0.29) is 12.6 Å². The van der Waals surface area contributed by atoms with E-state index in [9.17, 15) is 13.6 Å². The highest BCUT2D eigenvalue weighted by Gasteiger charge is 2.26. The van der Waals surface area contributed by atoms with Crippen LogP contribution in [0.25, 0.3) is 0 Å². The minimum atomic E-state index is -2.94. The van der Waals surface area contributed by atoms with Crippen molar-refractivity contribution < 1.29 is 23.4 Å². The van der Waals surface area contributed by atoms with Crippen LogP contribution in [0.15, 0.2) is 0 Å². The van der Waals surface area contributed by atoms with Crippen molar-refractivity contribution in [2.24, 2.45) is 0 Å². The van der Waals surface area contributed by atoms with E-state index in [2.05, 4.69) is 10.3 Å². The zero-order valence-electron chi connectivity index (χ0n) is 8.72. The second kappa shape index (κ2) is 4.97. The van der Waals surface area contributed by atoms with Crippen LogP contribution in [0, 0.1) is 0 Å². The van der Waals surface area contributed by atoms with Gasteiger partial charge in [-0.2, -0.15) is 0 Å². The molecular formula is C8H11F2N3O3. The van der Waals surface area contributed by atoms with Gasteiger partial charge in [0, 0.05) is 7.11 Å². The predicted molar refractivity (Wildman–Crippen MR) is 48.4 cm³/mol. The van der Waals surface area contributed by atoms with Crippen molar-refractivity contribution in [2.45, 2.75) is 26.0 Å². The standard InChI is InChI=1S/C8H11F2N3O3/c1-4(16-2)3-13-6(7(9)10)5(8(14)15)11-12-13/h4,7H,3H2,1-2H3,(H,14,15). The molecule has 1 atom stereocenters. The number of carboxylic acid groups (broad SMARTS) is 1. The van der Waals surface area contributed by atoms with Crippen LogP contribution in [-0.2, 0) is 11.3 Å². The van der Waals surface area contributed by atoms with Gasteiger partial charge in [-0.25, -0.2) is 18.3 Å². The largest absolute Gasteiger partial charge is 0.476 e. The van der Waals surface area contributed by atoms with Gasteiger partial charge < -0.3 is 9.84 Å². The lowest BCUT2D eigenvalue weighted by Crippen LogP contribution is -2.18. The first kappa shape index (κ1) is 12.5. The van der Waals surface area contributed by atoms with E-state index >= 15 is 0 Å². The van der Waals surface area contributed by atoms with Gasteiger partial charge in [0.25, 0.3) is 6.43 Å². The van der Waals surface area contributed by atoms with Gasteiger partial charge in [-0.1, -0.05) is 5.21 Å². The molecule has 1 aromatic rings. The molecular weight excluding hydrogens is 224 g/mol. The lowest BCUT2D eigenvalue weighted by molar-refractivity contribution is 0.0669. The fourth-order valence-corrected chi connectivity index (χ4v) is 1.14. The molecule has 1 N–H and O–H groups in total. The zero-order valence-corrected chi connectivity index (χ0v) is 8.72. The van der Waals surface area contributed by atoms with Gasteiger partial charge in [-0.15, -0.1) is 5.10 Å². The van der Waals surface area contributed by atoms with Gasteiger partial charge in [-0.05, 0) is 6.92 Å². The van der Waals surface area contributed by atoms with E-state index in [1.807, 2.05) is 0 Å². The van der Waals surface area contributed by atoms with E-state index in [0.29, 0.717) is 0 Å². The SMILES string of the molecule is COC(C)Cn1nnc(C(=O)O)c1C(F)F. The Morgan fingerprint density at radius 1 is 1.62 bits per heavy atom. The van der Waals surface area contributed by atoms with Crippen LogP contribution in [0.2, 0.25) is 0 Å². The third kappa shape index (κ3) is 2.51. The van der Waals surface area contributed by atoms with Gasteiger partial charge in [0.05, 0.1) is 12.6 Å². The number of aromatic carboxylic acids is 1. The number of carbonyl (C=O) groups is 1. The Balaban J connectivity index is 3.05. The molecule has 0 aliphatic heterocycles. The summed E-state index contributed by atoms with van der Waals surface area (Å²) in [7, 11) is 1.42. The molecule has 0 saturated carbocycles. The van der Waals surface area contributed by atoms with Crippen molar-refractivity contribution in [2.75, 3.05) is 7.11 Å². The average Bonchev–Trinajstić information content (AvgIpc) is 2.61. The molecule has 1 heterocycles. The summed E-state index contributed by atoms with van der Waals surface area (Å²) < 4.78 is 31.0. The molecule has 8 heteroatoms. The van der Waals surface area contributed by atoms with Crippen molar-refractivity contribution in [1.82, 2.24) is 15.0 Å². The van der Waals surface area contributed by atoms with E-state index < -0.39 is 23.8 Å². The number of nitrogens with zero attached hydrogens (tertiary/aromatic N) is 3. The Labute approximate surface area is 89.8 Å². The first-order chi connectivity index (χ1) is 7.47. The first-order valence-electron chi connectivity index (χ1n) is 4.45. The number of rotatable bonds is 5. The number of hydrogen-bond donors (Lipinski definition) is 1. The van der Waals surface area contributed by atoms with E-state index in [1.165, 1.54) is 7.11 Å². The number of ether oxygens (including phenoxy) is 1. The van der Waals surface area contributed by atoms with Crippen molar-refractivity contribution in [1.29, 1.82) is 0 Å². The summed E-state index contributed by atoms with van der Waals surface area (Å²) in [4.78, 5) is 10.6. The molecule has 0 fully saturated rings. The third-order valence-electron chi connectivity index (χ3n) is 2.02. The van der Waals surface area contributed by atoms with Gasteiger partial charge in [0.1, 0.15) is 5.69 Å². The van der Waals surface area contributed by atoms with Crippen LogP contribution in [0.4, 0.5) is 8.78 Å². The highest BCUT2D eigenvalue weighted by Crippen LogP contribution is 2.21. The Morgan fingerprint density at radius 3 is 2.69 bits per heavy atom. The van der Waals surface area contributed by atoms with E-state index in [4.69, 9.17) is 9.84 Å². The van der Waals surface area contributed by atoms with Crippen molar-refractivity contribution >= 4 is 5.97 Å². The summed E-state index contributed by atoms with van der Waals surface area (Å²) in [5.41, 5.74) is -1.42. The van der Waals surface area contributed by atoms with Crippen LogP contribution < -0.4 is 0 Å². The van der Waals surface area contributed by atoms with Crippen LogP contribution >= 0.6 is 0 Å². The molecule has 1 aromatic heterocycles. The van der Waals surface area contributed by atoms with Gasteiger partial charge >= 0.3 is 5.97 Å². The van der Waals surface area contributed by atoms with Gasteiger partial charge in [-0.3, -0.25) is 0 Å². The smallest absolute Gasteiger partial charge is 0.358 e. The van der Waals surface area contributed by atoms with Gasteiger partial charge in [0.15, 0.2) is 5.69 Å². The summed E-state index contributed by atoms with van der Waals surface area (Å²) in [6, 6.07) is 0. The maximum absolute atomic E-state index is 12.6. The molecule has 1 unspecified atom stereocenters. The normalized spacial score (nSPS) is 13.1. The zero-order chi connectivity index (χ0) is 12.3. The fraction of sp³-hybridized carbons (Fsp3) is 0.625. The summed E-state index contributed by atoms with van der Waals surface area (Å²) in [5, 5.41) is 15.2. The molecule has 0 spiro atoms. The molecule has 0 bridgehead atoms. The summed E-state index contributed by atoms with van der Waals surface area (Å²) >= 11 is 0. The maximum atomic E-state index is 12.6. The number of hydrogen-bond acceptors (Lipinski definition) is 4. The van der Waals surface area contributed by atoms with Gasteiger partial charge in [0.2, 0.25) is 0 Å². The second-order valence-electron chi connectivity index (χ2n) is 3.16. The highest BCUT2D eigenvalue weighted by molar-refractivity contribution is 5.86. The number of halogens is 2. The fourth-order valence-electron chi connectivity index (χ4n) is 1.14. The Morgan fingerprint density at radius 2 is 2.25 bits per heavy atom. The number of carboxylic acids is 1. The van der Waals surface area contributed by atoms with Crippen LogP contribution in [-0.4, -0.2) is 39.3 Å². The third-order valence-corrected chi connectivity index (χ3v) is 2.02. The second-order valence-corrected chi connectivity index (χ2v) is 3.16. The average molecular weight is 235 g/mol. The molecule has 1 rings (SSSR count). The van der Waals surface area contributed by atoms with Crippen LogP contribution in [0.1, 0.15) is 29.5 Å². The van der Waals surface area contributed by atoms with E-state index in [0.717, 1.165) is 4.68 Å².